The number of carbonyl (C=O) groups is 1. The van der Waals surface area contributed by atoms with E-state index in [1.807, 2.05) is 6.92 Å². The Hall–Kier alpha value is -0.610. The summed E-state index contributed by atoms with van der Waals surface area (Å²) in [4.78, 5) is 14.7. The highest BCUT2D eigenvalue weighted by molar-refractivity contribution is 5.80. The van der Waals surface area contributed by atoms with Crippen LogP contribution in [0.1, 0.15) is 51.9 Å². The second-order valence-electron chi connectivity index (χ2n) is 7.17. The molecular formula is C16H28N2O2. The smallest absolute Gasteiger partial charge is 0.325 e. The summed E-state index contributed by atoms with van der Waals surface area (Å²) < 4.78 is 5.00. The van der Waals surface area contributed by atoms with Crippen LogP contribution in [0.5, 0.6) is 0 Å². The number of piperidine rings is 1. The molecule has 3 atom stereocenters. The number of nitrogens with one attached hydrogen (secondary N) is 1. The van der Waals surface area contributed by atoms with E-state index >= 15 is 0 Å². The SMILES string of the molecule is COC(=O)C(C)(CCCN1CC2CCC1C2)NC1CC1. The summed E-state index contributed by atoms with van der Waals surface area (Å²) in [6.07, 6.45) is 8.58. The Morgan fingerprint density at radius 2 is 2.15 bits per heavy atom. The van der Waals surface area contributed by atoms with Crippen LogP contribution in [0.4, 0.5) is 0 Å². The summed E-state index contributed by atoms with van der Waals surface area (Å²) in [6.45, 7) is 4.43. The summed E-state index contributed by atoms with van der Waals surface area (Å²) in [5, 5.41) is 3.48. The van der Waals surface area contributed by atoms with Gasteiger partial charge in [-0.3, -0.25) is 10.1 Å². The number of ether oxygens (including phenoxy) is 1. The first kappa shape index (κ1) is 14.3. The molecule has 2 bridgehead atoms. The van der Waals surface area contributed by atoms with E-state index in [1.165, 1.54) is 45.8 Å². The molecule has 0 radical (unpaired) electrons. The molecule has 0 aromatic heterocycles. The van der Waals surface area contributed by atoms with E-state index in [-0.39, 0.29) is 5.97 Å². The fourth-order valence-electron chi connectivity index (χ4n) is 4.07. The first-order valence-electron chi connectivity index (χ1n) is 8.21. The molecule has 2 aliphatic carbocycles. The summed E-state index contributed by atoms with van der Waals surface area (Å²) in [5.74, 6) is 0.851. The highest BCUT2D eigenvalue weighted by Crippen LogP contribution is 2.37. The third-order valence-corrected chi connectivity index (χ3v) is 5.38. The van der Waals surface area contributed by atoms with E-state index in [9.17, 15) is 4.79 Å². The second-order valence-corrected chi connectivity index (χ2v) is 7.17. The van der Waals surface area contributed by atoms with E-state index in [0.717, 1.165) is 31.3 Å². The maximum atomic E-state index is 12.1. The zero-order valence-electron chi connectivity index (χ0n) is 12.9. The van der Waals surface area contributed by atoms with Crippen LogP contribution < -0.4 is 5.32 Å². The normalized spacial score (nSPS) is 32.3. The lowest BCUT2D eigenvalue weighted by atomic mass is 9.95. The van der Waals surface area contributed by atoms with Crippen molar-refractivity contribution in [2.75, 3.05) is 20.2 Å². The van der Waals surface area contributed by atoms with Crippen molar-refractivity contribution in [1.29, 1.82) is 0 Å². The third-order valence-electron chi connectivity index (χ3n) is 5.38. The molecule has 1 heterocycles. The molecule has 0 aromatic rings. The Bertz CT molecular complexity index is 369. The second kappa shape index (κ2) is 5.64. The predicted molar refractivity (Wildman–Crippen MR) is 78.5 cm³/mol. The molecular weight excluding hydrogens is 252 g/mol. The highest BCUT2D eigenvalue weighted by Gasteiger charge is 2.40. The van der Waals surface area contributed by atoms with Crippen LogP contribution in [0, 0.1) is 5.92 Å². The minimum absolute atomic E-state index is 0.104. The maximum Gasteiger partial charge on any atom is 0.325 e. The van der Waals surface area contributed by atoms with Crippen LogP contribution in [-0.2, 0) is 9.53 Å². The molecule has 4 nitrogen and oxygen atoms in total. The molecule has 114 valence electrons. The quantitative estimate of drug-likeness (QED) is 0.724. The Balaban J connectivity index is 1.47. The molecule has 0 spiro atoms. The van der Waals surface area contributed by atoms with Gasteiger partial charge in [0.15, 0.2) is 0 Å². The molecule has 1 N–H and O–H groups in total. The van der Waals surface area contributed by atoms with Gasteiger partial charge in [0.25, 0.3) is 0 Å². The maximum absolute atomic E-state index is 12.1. The number of hydrogen-bond acceptors (Lipinski definition) is 4. The van der Waals surface area contributed by atoms with Crippen LogP contribution in [0.25, 0.3) is 0 Å². The molecule has 4 heteroatoms. The molecule has 20 heavy (non-hydrogen) atoms. The summed E-state index contributed by atoms with van der Waals surface area (Å²) in [7, 11) is 1.49. The van der Waals surface area contributed by atoms with E-state index in [4.69, 9.17) is 4.74 Å². The number of methoxy groups -OCH3 is 1. The van der Waals surface area contributed by atoms with Gasteiger partial charge in [0.2, 0.25) is 0 Å². The van der Waals surface area contributed by atoms with Gasteiger partial charge in [-0.25, -0.2) is 0 Å². The first-order chi connectivity index (χ1) is 9.60. The van der Waals surface area contributed by atoms with E-state index in [0.29, 0.717) is 6.04 Å². The Labute approximate surface area is 122 Å². The number of rotatable bonds is 7. The zero-order chi connectivity index (χ0) is 14.2. The van der Waals surface area contributed by atoms with Gasteiger partial charge in [0, 0.05) is 18.6 Å². The van der Waals surface area contributed by atoms with Crippen molar-refractivity contribution in [2.45, 2.75) is 69.5 Å². The monoisotopic (exact) mass is 280 g/mol. The number of hydrogen-bond donors (Lipinski definition) is 1. The number of likely N-dealkylation sites (tertiary alicyclic amines) is 1. The summed E-state index contributed by atoms with van der Waals surface area (Å²) in [6, 6.07) is 1.36. The Morgan fingerprint density at radius 1 is 1.35 bits per heavy atom. The van der Waals surface area contributed by atoms with Crippen LogP contribution in [0.15, 0.2) is 0 Å². The summed E-state index contributed by atoms with van der Waals surface area (Å²) in [5.41, 5.74) is -0.491. The first-order valence-corrected chi connectivity index (χ1v) is 8.21. The van der Waals surface area contributed by atoms with Crippen molar-refractivity contribution >= 4 is 5.97 Å². The van der Waals surface area contributed by atoms with E-state index in [1.54, 1.807) is 0 Å². The van der Waals surface area contributed by atoms with Crippen molar-refractivity contribution in [1.82, 2.24) is 10.2 Å². The van der Waals surface area contributed by atoms with E-state index in [2.05, 4.69) is 10.2 Å². The van der Waals surface area contributed by atoms with Gasteiger partial charge in [-0.05, 0) is 64.3 Å². The lowest BCUT2D eigenvalue weighted by Crippen LogP contribution is -2.51. The third kappa shape index (κ3) is 3.01. The summed E-state index contributed by atoms with van der Waals surface area (Å²) >= 11 is 0. The number of esters is 1. The van der Waals surface area contributed by atoms with Gasteiger partial charge in [-0.15, -0.1) is 0 Å². The molecule has 0 aromatic carbocycles. The number of nitrogens with zero attached hydrogens (tertiary/aromatic N) is 1. The van der Waals surface area contributed by atoms with E-state index < -0.39 is 5.54 Å². The minimum Gasteiger partial charge on any atom is -0.468 e. The number of fused-ring (bicyclic) bond motifs is 2. The molecule has 0 amide bonds. The average molecular weight is 280 g/mol. The van der Waals surface area contributed by atoms with Gasteiger partial charge < -0.3 is 9.64 Å². The van der Waals surface area contributed by atoms with Gasteiger partial charge in [-0.2, -0.15) is 0 Å². The number of carbonyl (C=O) groups excluding carboxylic acids is 1. The zero-order valence-corrected chi connectivity index (χ0v) is 12.9. The van der Waals surface area contributed by atoms with Crippen LogP contribution in [-0.4, -0.2) is 48.7 Å². The lowest BCUT2D eigenvalue weighted by molar-refractivity contribution is -0.148. The van der Waals surface area contributed by atoms with Gasteiger partial charge >= 0.3 is 5.97 Å². The fraction of sp³-hybridized carbons (Fsp3) is 0.938. The Morgan fingerprint density at radius 3 is 2.70 bits per heavy atom. The van der Waals surface area contributed by atoms with Gasteiger partial charge in [0.05, 0.1) is 7.11 Å². The molecule has 3 rings (SSSR count). The molecule has 2 saturated carbocycles. The van der Waals surface area contributed by atoms with Crippen LogP contribution in [0.2, 0.25) is 0 Å². The molecule has 3 unspecified atom stereocenters. The highest BCUT2D eigenvalue weighted by atomic mass is 16.5. The fourth-order valence-corrected chi connectivity index (χ4v) is 4.07. The molecule has 3 aliphatic rings. The van der Waals surface area contributed by atoms with Crippen molar-refractivity contribution in [3.63, 3.8) is 0 Å². The molecule has 3 fully saturated rings. The van der Waals surface area contributed by atoms with Gasteiger partial charge in [-0.1, -0.05) is 0 Å². The predicted octanol–water partition coefficient (Wildman–Crippen LogP) is 1.93. The molecule has 1 saturated heterocycles. The van der Waals surface area contributed by atoms with Crippen molar-refractivity contribution < 1.29 is 9.53 Å². The van der Waals surface area contributed by atoms with Crippen LogP contribution in [0.3, 0.4) is 0 Å². The van der Waals surface area contributed by atoms with Crippen LogP contribution >= 0.6 is 0 Å². The standard InChI is InChI=1S/C16H28N2O2/c1-16(15(19)20-2,17-13-5-6-13)8-3-9-18-11-12-4-7-14(18)10-12/h12-14,17H,3-11H2,1-2H3. The van der Waals surface area contributed by atoms with Crippen molar-refractivity contribution in [2.24, 2.45) is 5.92 Å². The lowest BCUT2D eigenvalue weighted by Gasteiger charge is -2.31. The Kier molecular flexibility index (Phi) is 4.04. The molecule has 1 aliphatic heterocycles. The van der Waals surface area contributed by atoms with Crippen molar-refractivity contribution in [3.8, 4) is 0 Å². The average Bonchev–Trinajstić information content (AvgIpc) is 3.00. The largest absolute Gasteiger partial charge is 0.468 e. The van der Waals surface area contributed by atoms with Crippen molar-refractivity contribution in [3.05, 3.63) is 0 Å². The van der Waals surface area contributed by atoms with Gasteiger partial charge in [0.1, 0.15) is 5.54 Å². The minimum atomic E-state index is -0.491. The topological polar surface area (TPSA) is 41.6 Å².